The molecule has 0 saturated carbocycles. The van der Waals surface area contributed by atoms with Crippen LogP contribution in [0.25, 0.3) is 11.1 Å². The molecule has 0 aliphatic carbocycles. The highest BCUT2D eigenvalue weighted by Gasteiger charge is 2.36. The Hall–Kier alpha value is -8.22. The maximum atomic E-state index is 12.0. The van der Waals surface area contributed by atoms with Crippen molar-refractivity contribution in [3.8, 4) is 23.3 Å². The van der Waals surface area contributed by atoms with Gasteiger partial charge >= 0.3 is 0 Å². The van der Waals surface area contributed by atoms with Gasteiger partial charge in [-0.15, -0.1) is 0 Å². The zero-order chi connectivity index (χ0) is 47.9. The third-order valence-corrected chi connectivity index (χ3v) is 17.9. The topological polar surface area (TPSA) is 60.5 Å². The first kappa shape index (κ1) is 42.6. The van der Waals surface area contributed by atoms with Crippen molar-refractivity contribution < 1.29 is 0 Å². The number of hydrogen-bond acceptors (Lipinski definition) is 10. The summed E-state index contributed by atoms with van der Waals surface area (Å²) in [7, 11) is 0. The minimum atomic E-state index is 0.437. The van der Waals surface area contributed by atoms with Crippen molar-refractivity contribution in [2.24, 2.45) is 0 Å². The van der Waals surface area contributed by atoms with Gasteiger partial charge in [-0.25, -0.2) is 0 Å². The molecular weight excluding hydrogens is 957 g/mol. The Morgan fingerprint density at radius 2 is 0.458 bits per heavy atom. The Balaban J connectivity index is 1.13. The van der Waals surface area contributed by atoms with E-state index in [-0.39, 0.29) is 0 Å². The lowest BCUT2D eigenvalue weighted by Crippen LogP contribution is -2.21. The zero-order valence-corrected chi connectivity index (χ0v) is 41.4. The summed E-state index contributed by atoms with van der Waals surface area (Å²) in [5, 5.41) is 23.9. The predicted octanol–water partition coefficient (Wildman–Crippen LogP) is 18.8. The summed E-state index contributed by atoms with van der Waals surface area (Å²) in [6, 6.07) is 81.9. The third kappa shape index (κ3) is 6.76. The van der Waals surface area contributed by atoms with Crippen molar-refractivity contribution in [1.29, 1.82) is 10.5 Å². The number of rotatable bonds is 5. The van der Waals surface area contributed by atoms with Crippen LogP contribution in [-0.4, -0.2) is 0 Å². The van der Waals surface area contributed by atoms with Crippen molar-refractivity contribution >= 4 is 115 Å². The molecule has 10 aromatic carbocycles. The fraction of sp³-hybridized carbons (Fsp3) is 0. The second-order valence-corrected chi connectivity index (χ2v) is 21.8. The summed E-state index contributed by atoms with van der Waals surface area (Å²) in [6.07, 6.45) is 0. The summed E-state index contributed by atoms with van der Waals surface area (Å²) >= 11 is 6.99. The average molecular weight is 993 g/mol. The maximum absolute atomic E-state index is 12.0. The van der Waals surface area contributed by atoms with Gasteiger partial charge in [0, 0.05) is 61.7 Å². The number of nitrogens with zero attached hydrogens (tertiary/aromatic N) is 6. The van der Waals surface area contributed by atoms with Crippen molar-refractivity contribution in [2.75, 3.05) is 19.6 Å². The van der Waals surface area contributed by atoms with Gasteiger partial charge in [-0.05, 0) is 121 Å². The van der Waals surface area contributed by atoms with Gasteiger partial charge in [0.25, 0.3) is 0 Å². The van der Waals surface area contributed by atoms with Crippen LogP contribution >= 0.6 is 47.0 Å². The second kappa shape index (κ2) is 17.3. The molecule has 338 valence electrons. The fourth-order valence-corrected chi connectivity index (χ4v) is 14.7. The van der Waals surface area contributed by atoms with Crippen molar-refractivity contribution in [1.82, 2.24) is 0 Å². The standard InChI is InChI=1S/C62H36N6S4/c63-37-39-33-41(65-43-17-1-9-25-53(43)69-54-26-10-2-18-44(54)65)35-51(67-47-21-5-13-29-57(47)71-58-30-14-6-22-48(58)67)61(39)62-40(38-64)34-42(66-45-19-3-11-27-55(45)70-56-28-12-4-20-46(56)66)36-52(62)68-49-23-7-15-31-59(49)72-60-32-16-8-24-50(60)68/h1-36H. The monoisotopic (exact) mass is 992 g/mol. The first-order valence-electron chi connectivity index (χ1n) is 23.4. The number of benzene rings is 10. The van der Waals surface area contributed by atoms with Crippen LogP contribution in [0.1, 0.15) is 11.1 Å². The van der Waals surface area contributed by atoms with Crippen LogP contribution < -0.4 is 19.6 Å². The maximum Gasteiger partial charge on any atom is 0.0999 e. The van der Waals surface area contributed by atoms with E-state index in [1.807, 2.05) is 12.1 Å². The highest BCUT2D eigenvalue weighted by atomic mass is 32.2. The van der Waals surface area contributed by atoms with E-state index in [4.69, 9.17) is 0 Å². The normalized spacial score (nSPS) is 13.5. The summed E-state index contributed by atoms with van der Waals surface area (Å²) in [4.78, 5) is 18.0. The van der Waals surface area contributed by atoms with Crippen LogP contribution in [0.5, 0.6) is 0 Å². The van der Waals surface area contributed by atoms with Crippen LogP contribution in [0.3, 0.4) is 0 Å². The summed E-state index contributed by atoms with van der Waals surface area (Å²) in [5.41, 5.74) is 13.5. The quantitative estimate of drug-likeness (QED) is 0.167. The minimum absolute atomic E-state index is 0.437. The summed E-state index contributed by atoms with van der Waals surface area (Å²) in [6.45, 7) is 0. The van der Waals surface area contributed by atoms with E-state index < -0.39 is 0 Å². The molecule has 0 radical (unpaired) electrons. The zero-order valence-electron chi connectivity index (χ0n) is 38.1. The molecule has 6 nitrogen and oxygen atoms in total. The number of para-hydroxylation sites is 8. The van der Waals surface area contributed by atoms with E-state index in [1.54, 1.807) is 47.0 Å². The van der Waals surface area contributed by atoms with E-state index in [1.165, 1.54) is 0 Å². The van der Waals surface area contributed by atoms with Gasteiger partial charge in [-0.3, -0.25) is 0 Å². The Bertz CT molecular complexity index is 3550. The van der Waals surface area contributed by atoms with Crippen LogP contribution in [0.2, 0.25) is 0 Å². The van der Waals surface area contributed by atoms with Crippen LogP contribution in [0.4, 0.5) is 68.2 Å². The Labute approximate surface area is 434 Å². The molecule has 0 aromatic heterocycles. The lowest BCUT2D eigenvalue weighted by Gasteiger charge is -2.39. The Morgan fingerprint density at radius 3 is 0.681 bits per heavy atom. The smallest absolute Gasteiger partial charge is 0.0999 e. The van der Waals surface area contributed by atoms with Gasteiger partial charge in [-0.2, -0.15) is 10.5 Å². The average Bonchev–Trinajstić information content (AvgIpc) is 3.43. The molecule has 10 heteroatoms. The van der Waals surface area contributed by atoms with Crippen molar-refractivity contribution in [2.45, 2.75) is 39.2 Å². The highest BCUT2D eigenvalue weighted by molar-refractivity contribution is 8.00. The predicted molar refractivity (Wildman–Crippen MR) is 297 cm³/mol. The van der Waals surface area contributed by atoms with Crippen LogP contribution in [-0.2, 0) is 0 Å². The number of anilines is 12. The fourth-order valence-electron chi connectivity index (χ4n) is 10.4. The summed E-state index contributed by atoms with van der Waals surface area (Å²) < 4.78 is 0. The van der Waals surface area contributed by atoms with E-state index in [0.29, 0.717) is 22.3 Å². The lowest BCUT2D eigenvalue weighted by molar-refractivity contribution is 1.13. The van der Waals surface area contributed by atoms with Gasteiger partial charge in [-0.1, -0.05) is 144 Å². The van der Waals surface area contributed by atoms with Gasteiger partial charge < -0.3 is 19.6 Å². The highest BCUT2D eigenvalue weighted by Crippen LogP contribution is 2.61. The SMILES string of the molecule is N#Cc1cc(N2c3ccccc3Sc3ccccc32)cc(N2c3ccccc3Sc3ccccc32)c1-c1c(C#N)cc(N2c3ccccc3Sc3ccccc32)cc1N1c2ccccc2Sc2ccccc21. The molecule has 4 aliphatic rings. The minimum Gasteiger partial charge on any atom is -0.308 e. The first-order valence-corrected chi connectivity index (χ1v) is 26.7. The van der Waals surface area contributed by atoms with Crippen LogP contribution in [0, 0.1) is 22.7 Å². The second-order valence-electron chi connectivity index (χ2n) is 17.5. The van der Waals surface area contributed by atoms with E-state index in [9.17, 15) is 10.5 Å². The first-order chi connectivity index (χ1) is 35.6. The molecule has 0 N–H and O–H groups in total. The summed E-state index contributed by atoms with van der Waals surface area (Å²) in [5.74, 6) is 0. The number of fused-ring (bicyclic) bond motifs is 8. The lowest BCUT2D eigenvalue weighted by atomic mass is 9.89. The molecule has 10 aromatic rings. The van der Waals surface area contributed by atoms with Gasteiger partial charge in [0.1, 0.15) is 0 Å². The Morgan fingerprint density at radius 1 is 0.250 bits per heavy atom. The molecule has 72 heavy (non-hydrogen) atoms. The molecule has 0 amide bonds. The number of hydrogen-bond donors (Lipinski definition) is 0. The molecule has 4 aliphatic heterocycles. The third-order valence-electron chi connectivity index (χ3n) is 13.4. The van der Waals surface area contributed by atoms with Crippen LogP contribution in [0.15, 0.2) is 258 Å². The van der Waals surface area contributed by atoms with E-state index in [0.717, 1.165) is 107 Å². The van der Waals surface area contributed by atoms with Crippen molar-refractivity contribution in [3.05, 3.63) is 230 Å². The van der Waals surface area contributed by atoms with E-state index >= 15 is 0 Å². The molecule has 4 heterocycles. The molecule has 0 spiro atoms. The number of nitriles is 2. The van der Waals surface area contributed by atoms with Gasteiger partial charge in [0.15, 0.2) is 0 Å². The van der Waals surface area contributed by atoms with E-state index in [2.05, 4.69) is 238 Å². The van der Waals surface area contributed by atoms with Crippen molar-refractivity contribution in [3.63, 3.8) is 0 Å². The molecule has 14 rings (SSSR count). The molecule has 0 fully saturated rings. The van der Waals surface area contributed by atoms with Gasteiger partial charge in [0.2, 0.25) is 0 Å². The largest absolute Gasteiger partial charge is 0.308 e. The Kier molecular flexibility index (Phi) is 10.2. The molecule has 0 atom stereocenters. The molecule has 0 bridgehead atoms. The molecule has 0 saturated heterocycles. The molecular formula is C62H36N6S4. The van der Waals surface area contributed by atoms with Gasteiger partial charge in [0.05, 0.1) is 80.1 Å². The molecule has 0 unspecified atom stereocenters.